The van der Waals surface area contributed by atoms with Crippen molar-refractivity contribution in [1.29, 1.82) is 0 Å². The number of halogens is 1. The summed E-state index contributed by atoms with van der Waals surface area (Å²) in [5.74, 6) is -0.353. The maximum absolute atomic E-state index is 13.0. The monoisotopic (exact) mass is 316 g/mol. The molecule has 0 aliphatic carbocycles. The molecule has 0 spiro atoms. The molecule has 0 heterocycles. The van der Waals surface area contributed by atoms with Gasteiger partial charge in [0.1, 0.15) is 15.7 Å². The highest BCUT2D eigenvalue weighted by Crippen LogP contribution is 2.20. The highest BCUT2D eigenvalue weighted by Gasteiger charge is 2.21. The third kappa shape index (κ3) is 7.65. The molecule has 1 aromatic carbocycles. The molecule has 0 saturated carbocycles. The van der Waals surface area contributed by atoms with Crippen LogP contribution in [-0.4, -0.2) is 33.0 Å². The lowest BCUT2D eigenvalue weighted by atomic mass is 9.90. The summed E-state index contributed by atoms with van der Waals surface area (Å²) in [7, 11) is -3.02. The van der Waals surface area contributed by atoms with E-state index >= 15 is 0 Å². The Morgan fingerprint density at radius 1 is 1.33 bits per heavy atom. The van der Waals surface area contributed by atoms with Gasteiger partial charge in [0.2, 0.25) is 0 Å². The fourth-order valence-corrected chi connectivity index (χ4v) is 2.53. The van der Waals surface area contributed by atoms with E-state index in [2.05, 4.69) is 10.6 Å². The summed E-state index contributed by atoms with van der Waals surface area (Å²) < 4.78 is 35.3. The average Bonchev–Trinajstić information content (AvgIpc) is 2.34. The van der Waals surface area contributed by atoms with Gasteiger partial charge in [0.25, 0.3) is 0 Å². The molecule has 118 valence electrons. The largest absolute Gasteiger partial charge is 0.337 e. The van der Waals surface area contributed by atoms with Crippen LogP contribution in [0.4, 0.5) is 14.9 Å². The summed E-state index contributed by atoms with van der Waals surface area (Å²) in [5.41, 5.74) is 0.0176. The van der Waals surface area contributed by atoms with Gasteiger partial charge in [-0.15, -0.1) is 0 Å². The number of rotatable bonds is 6. The Morgan fingerprint density at radius 2 is 2.00 bits per heavy atom. The molecule has 21 heavy (non-hydrogen) atoms. The number of hydrogen-bond acceptors (Lipinski definition) is 3. The second-order valence-corrected chi connectivity index (χ2v) is 8.12. The summed E-state index contributed by atoms with van der Waals surface area (Å²) in [6.45, 7) is 4.07. The summed E-state index contributed by atoms with van der Waals surface area (Å²) in [5, 5.41) is 5.18. The maximum Gasteiger partial charge on any atom is 0.319 e. The van der Waals surface area contributed by atoms with Crippen molar-refractivity contribution in [2.75, 3.05) is 23.9 Å². The number of urea groups is 1. The molecule has 0 unspecified atom stereocenters. The van der Waals surface area contributed by atoms with E-state index in [1.54, 1.807) is 6.07 Å². The zero-order chi connectivity index (χ0) is 16.1. The topological polar surface area (TPSA) is 75.3 Å². The van der Waals surface area contributed by atoms with Crippen LogP contribution in [0.3, 0.4) is 0 Å². The minimum atomic E-state index is -3.02. The number of hydrogen-bond donors (Lipinski definition) is 2. The number of benzene rings is 1. The van der Waals surface area contributed by atoms with Gasteiger partial charge in [0, 0.05) is 18.5 Å². The third-order valence-electron chi connectivity index (χ3n) is 2.96. The molecule has 0 radical (unpaired) electrons. The van der Waals surface area contributed by atoms with Gasteiger partial charge in [-0.05, 0) is 30.0 Å². The summed E-state index contributed by atoms with van der Waals surface area (Å²) in [4.78, 5) is 11.7. The van der Waals surface area contributed by atoms with Crippen LogP contribution in [-0.2, 0) is 9.84 Å². The lowest BCUT2D eigenvalue weighted by Gasteiger charge is -2.24. The van der Waals surface area contributed by atoms with E-state index in [0.717, 1.165) is 0 Å². The van der Waals surface area contributed by atoms with Crippen molar-refractivity contribution in [1.82, 2.24) is 5.32 Å². The van der Waals surface area contributed by atoms with Gasteiger partial charge in [-0.1, -0.05) is 19.9 Å². The number of carbonyl (C=O) groups is 1. The molecule has 1 aromatic rings. The van der Waals surface area contributed by atoms with Gasteiger partial charge >= 0.3 is 6.03 Å². The van der Waals surface area contributed by atoms with Crippen LogP contribution in [0.5, 0.6) is 0 Å². The Kier molecular flexibility index (Phi) is 5.71. The van der Waals surface area contributed by atoms with Crippen molar-refractivity contribution >= 4 is 21.6 Å². The molecular formula is C14H21FN2O3S. The minimum absolute atomic E-state index is 0.0766. The number of amides is 2. The Labute approximate surface area is 124 Å². The zero-order valence-electron chi connectivity index (χ0n) is 12.4. The van der Waals surface area contributed by atoms with Gasteiger partial charge in [-0.3, -0.25) is 0 Å². The van der Waals surface area contributed by atoms with Crippen molar-refractivity contribution in [2.45, 2.75) is 20.3 Å². The summed E-state index contributed by atoms with van der Waals surface area (Å²) in [6.07, 6.45) is 1.64. The highest BCUT2D eigenvalue weighted by molar-refractivity contribution is 7.90. The molecule has 2 N–H and O–H groups in total. The van der Waals surface area contributed by atoms with Gasteiger partial charge < -0.3 is 10.6 Å². The van der Waals surface area contributed by atoms with Crippen LogP contribution < -0.4 is 10.6 Å². The Hall–Kier alpha value is -1.63. The van der Waals surface area contributed by atoms with Crippen molar-refractivity contribution in [3.8, 4) is 0 Å². The quantitative estimate of drug-likeness (QED) is 0.846. The number of nitrogens with one attached hydrogen (secondary N) is 2. The van der Waals surface area contributed by atoms with Crippen molar-refractivity contribution < 1.29 is 17.6 Å². The van der Waals surface area contributed by atoms with Gasteiger partial charge in [0.05, 0.1) is 5.75 Å². The Balaban J connectivity index is 2.45. The molecule has 2 amide bonds. The normalized spacial score (nSPS) is 12.0. The van der Waals surface area contributed by atoms with Gasteiger partial charge in [-0.25, -0.2) is 17.6 Å². The van der Waals surface area contributed by atoms with E-state index in [0.29, 0.717) is 18.7 Å². The summed E-state index contributed by atoms with van der Waals surface area (Å²) >= 11 is 0. The average molecular weight is 316 g/mol. The fraction of sp³-hybridized carbons (Fsp3) is 0.500. The molecule has 0 atom stereocenters. The first-order chi connectivity index (χ1) is 9.57. The number of sulfone groups is 1. The van der Waals surface area contributed by atoms with E-state index in [1.807, 2.05) is 13.8 Å². The van der Waals surface area contributed by atoms with E-state index in [-0.39, 0.29) is 11.2 Å². The Morgan fingerprint density at radius 3 is 2.57 bits per heavy atom. The van der Waals surface area contributed by atoms with Crippen molar-refractivity contribution in [2.24, 2.45) is 5.41 Å². The lowest BCUT2D eigenvalue weighted by Crippen LogP contribution is -2.37. The van der Waals surface area contributed by atoms with E-state index in [1.165, 1.54) is 24.5 Å². The van der Waals surface area contributed by atoms with E-state index in [4.69, 9.17) is 0 Å². The highest BCUT2D eigenvalue weighted by atomic mass is 32.2. The molecular weight excluding hydrogens is 295 g/mol. The number of anilines is 1. The second kappa shape index (κ2) is 6.89. The molecule has 0 aliphatic rings. The predicted octanol–water partition coefficient (Wildman–Crippen LogP) is 2.41. The SMILES string of the molecule is CC(C)(CCS(C)(=O)=O)CNC(=O)Nc1cccc(F)c1. The van der Waals surface area contributed by atoms with E-state index in [9.17, 15) is 17.6 Å². The van der Waals surface area contributed by atoms with Crippen LogP contribution in [0.25, 0.3) is 0 Å². The first-order valence-corrected chi connectivity index (χ1v) is 8.62. The van der Waals surface area contributed by atoms with Gasteiger partial charge in [-0.2, -0.15) is 0 Å². The smallest absolute Gasteiger partial charge is 0.319 e. The van der Waals surface area contributed by atoms with E-state index < -0.39 is 21.7 Å². The minimum Gasteiger partial charge on any atom is -0.337 e. The molecule has 0 saturated heterocycles. The molecule has 0 fully saturated rings. The van der Waals surface area contributed by atoms with Crippen LogP contribution in [0, 0.1) is 11.2 Å². The van der Waals surface area contributed by atoms with Crippen LogP contribution in [0.2, 0.25) is 0 Å². The Bertz CT molecular complexity index is 600. The van der Waals surface area contributed by atoms with Crippen LogP contribution in [0.15, 0.2) is 24.3 Å². The first kappa shape index (κ1) is 17.4. The molecule has 7 heteroatoms. The summed E-state index contributed by atoms with van der Waals surface area (Å²) in [6, 6.07) is 5.14. The van der Waals surface area contributed by atoms with Crippen molar-refractivity contribution in [3.05, 3.63) is 30.1 Å². The predicted molar refractivity (Wildman–Crippen MR) is 81.5 cm³/mol. The third-order valence-corrected chi connectivity index (χ3v) is 3.91. The lowest BCUT2D eigenvalue weighted by molar-refractivity contribution is 0.244. The molecule has 0 aliphatic heterocycles. The standard InChI is InChI=1S/C14H21FN2O3S/c1-14(2,7-8-21(3,19)20)10-16-13(18)17-12-6-4-5-11(15)9-12/h4-6,9H,7-8,10H2,1-3H3,(H2,16,17,18). The van der Waals surface area contributed by atoms with Crippen LogP contribution in [0.1, 0.15) is 20.3 Å². The van der Waals surface area contributed by atoms with Crippen molar-refractivity contribution in [3.63, 3.8) is 0 Å². The molecule has 0 bridgehead atoms. The van der Waals surface area contributed by atoms with Crippen LogP contribution >= 0.6 is 0 Å². The first-order valence-electron chi connectivity index (χ1n) is 6.56. The maximum atomic E-state index is 13.0. The number of carbonyl (C=O) groups excluding carboxylic acids is 1. The fourth-order valence-electron chi connectivity index (χ4n) is 1.61. The zero-order valence-corrected chi connectivity index (χ0v) is 13.3. The molecule has 1 rings (SSSR count). The second-order valence-electron chi connectivity index (χ2n) is 5.86. The molecule has 5 nitrogen and oxygen atoms in total. The molecule has 0 aromatic heterocycles. The van der Waals surface area contributed by atoms with Gasteiger partial charge in [0.15, 0.2) is 0 Å².